The normalized spacial score (nSPS) is 10.9. The number of amides is 1. The van der Waals surface area contributed by atoms with Crippen molar-refractivity contribution in [3.63, 3.8) is 0 Å². The molecule has 4 rings (SSSR count). The predicted molar refractivity (Wildman–Crippen MR) is 108 cm³/mol. The Hall–Kier alpha value is -3.54. The van der Waals surface area contributed by atoms with Crippen molar-refractivity contribution in [2.75, 3.05) is 5.32 Å². The number of carbonyl (C=O) groups excluding carboxylic acids is 1. The topological polar surface area (TPSA) is 69.3 Å². The number of hydrogen-bond acceptors (Lipinski definition) is 4. The summed E-state index contributed by atoms with van der Waals surface area (Å²) in [6.45, 7) is 2.36. The molecule has 0 saturated heterocycles. The molecule has 6 heteroatoms. The maximum atomic E-state index is 12.5. The molecule has 0 fully saturated rings. The molecule has 2 aromatic carbocycles. The second kappa shape index (κ2) is 7.60. The second-order valence-corrected chi connectivity index (χ2v) is 6.49. The molecule has 28 heavy (non-hydrogen) atoms. The van der Waals surface area contributed by atoms with Crippen molar-refractivity contribution in [2.45, 2.75) is 20.0 Å². The van der Waals surface area contributed by atoms with Crippen LogP contribution in [0.25, 0.3) is 11.0 Å². The monoisotopic (exact) mass is 375 g/mol. The van der Waals surface area contributed by atoms with E-state index in [0.29, 0.717) is 11.7 Å². The van der Waals surface area contributed by atoms with Gasteiger partial charge in [-0.05, 0) is 48.4 Å². The molecule has 2 heterocycles. The number of anilines is 1. The molecule has 0 saturated carbocycles. The number of hydrogen-bond donors (Lipinski definition) is 1. The Labute approximate surface area is 162 Å². The highest BCUT2D eigenvalue weighted by Gasteiger charge is 2.15. The molecule has 1 N–H and O–H groups in total. The Morgan fingerprint density at radius 3 is 2.64 bits per heavy atom. The van der Waals surface area contributed by atoms with E-state index < -0.39 is 0 Å². The van der Waals surface area contributed by atoms with Gasteiger partial charge in [0.25, 0.3) is 5.91 Å². The molecule has 0 aliphatic carbocycles. The lowest BCUT2D eigenvalue weighted by atomic mass is 10.2. The molecule has 2 aromatic heterocycles. The largest absolute Gasteiger partial charge is 0.486 e. The van der Waals surface area contributed by atoms with Gasteiger partial charge >= 0.3 is 0 Å². The van der Waals surface area contributed by atoms with Gasteiger partial charge in [-0.1, -0.05) is 31.2 Å². The minimum absolute atomic E-state index is 0.215. The summed E-state index contributed by atoms with van der Waals surface area (Å²) in [5.74, 6) is 1.68. The Morgan fingerprint density at radius 2 is 1.89 bits per heavy atom. The number of nitrogens with zero attached hydrogens (tertiary/aromatic N) is 2. The van der Waals surface area contributed by atoms with Crippen LogP contribution in [0.4, 0.5) is 5.95 Å². The number of para-hydroxylation sites is 2. The van der Waals surface area contributed by atoms with Crippen LogP contribution in [0.15, 0.2) is 65.1 Å². The lowest BCUT2D eigenvalue weighted by Crippen LogP contribution is -2.14. The lowest BCUT2D eigenvalue weighted by molar-refractivity contribution is 0.0991. The van der Waals surface area contributed by atoms with Gasteiger partial charge in [-0.25, -0.2) is 4.98 Å². The van der Waals surface area contributed by atoms with E-state index in [1.54, 1.807) is 12.1 Å². The third-order valence-electron chi connectivity index (χ3n) is 4.61. The smallest absolute Gasteiger partial charge is 0.293 e. The molecule has 0 unspecified atom stereocenters. The van der Waals surface area contributed by atoms with Crippen molar-refractivity contribution in [3.05, 3.63) is 77.7 Å². The Bertz CT molecular complexity index is 1110. The van der Waals surface area contributed by atoms with Crippen LogP contribution < -0.4 is 10.1 Å². The minimum Gasteiger partial charge on any atom is -0.486 e. The molecule has 6 nitrogen and oxygen atoms in total. The third kappa shape index (κ3) is 3.62. The van der Waals surface area contributed by atoms with Gasteiger partial charge in [-0.2, -0.15) is 0 Å². The van der Waals surface area contributed by atoms with Crippen LogP contribution in [0.2, 0.25) is 0 Å². The summed E-state index contributed by atoms with van der Waals surface area (Å²) >= 11 is 0. The summed E-state index contributed by atoms with van der Waals surface area (Å²) in [4.78, 5) is 16.9. The van der Waals surface area contributed by atoms with Crippen LogP contribution in [0, 0.1) is 0 Å². The summed E-state index contributed by atoms with van der Waals surface area (Å²) in [7, 11) is 1.86. The van der Waals surface area contributed by atoms with Gasteiger partial charge < -0.3 is 13.7 Å². The number of nitrogens with one attached hydrogen (secondary N) is 1. The number of fused-ring (bicyclic) bond motifs is 1. The average Bonchev–Trinajstić information content (AvgIpc) is 3.32. The van der Waals surface area contributed by atoms with Gasteiger partial charge in [0.05, 0.1) is 11.0 Å². The number of ether oxygens (including phenoxy) is 1. The van der Waals surface area contributed by atoms with E-state index in [-0.39, 0.29) is 18.3 Å². The first-order chi connectivity index (χ1) is 13.6. The number of aromatic nitrogens is 2. The summed E-state index contributed by atoms with van der Waals surface area (Å²) in [6.07, 6.45) is 0.989. The Morgan fingerprint density at radius 1 is 1.11 bits per heavy atom. The minimum atomic E-state index is -0.350. The van der Waals surface area contributed by atoms with Crippen molar-refractivity contribution in [1.29, 1.82) is 0 Å². The maximum absolute atomic E-state index is 12.5. The van der Waals surface area contributed by atoms with Gasteiger partial charge in [0.2, 0.25) is 5.95 Å². The van der Waals surface area contributed by atoms with Gasteiger partial charge in [0, 0.05) is 7.05 Å². The molecule has 0 spiro atoms. The molecular weight excluding hydrogens is 354 g/mol. The standard InChI is InChI=1S/C22H21N3O3/c1-3-15-8-10-16(11-9-15)27-14-17-12-13-20(28-17)21(26)24-22-23-18-6-4-5-7-19(18)25(22)2/h4-13H,3,14H2,1-2H3,(H,23,24,26). The Balaban J connectivity index is 1.41. The zero-order chi connectivity index (χ0) is 19.5. The van der Waals surface area contributed by atoms with E-state index in [9.17, 15) is 4.79 Å². The quantitative estimate of drug-likeness (QED) is 0.536. The van der Waals surface area contributed by atoms with Gasteiger partial charge in [-0.3, -0.25) is 10.1 Å². The molecule has 0 aliphatic rings. The maximum Gasteiger partial charge on any atom is 0.293 e. The summed E-state index contributed by atoms with van der Waals surface area (Å²) in [5, 5.41) is 2.79. The summed E-state index contributed by atoms with van der Waals surface area (Å²) < 4.78 is 13.2. The predicted octanol–water partition coefficient (Wildman–Crippen LogP) is 4.56. The molecular formula is C22H21N3O3. The molecule has 4 aromatic rings. The van der Waals surface area contributed by atoms with Crippen molar-refractivity contribution in [2.24, 2.45) is 7.05 Å². The molecule has 0 aliphatic heterocycles. The first-order valence-electron chi connectivity index (χ1n) is 9.17. The lowest BCUT2D eigenvalue weighted by Gasteiger charge is -2.05. The van der Waals surface area contributed by atoms with E-state index in [4.69, 9.17) is 9.15 Å². The van der Waals surface area contributed by atoms with E-state index >= 15 is 0 Å². The highest BCUT2D eigenvalue weighted by Crippen LogP contribution is 2.19. The van der Waals surface area contributed by atoms with E-state index in [1.165, 1.54) is 5.56 Å². The van der Waals surface area contributed by atoms with Crippen LogP contribution >= 0.6 is 0 Å². The number of carbonyl (C=O) groups is 1. The summed E-state index contributed by atoms with van der Waals surface area (Å²) in [6, 6.07) is 19.0. The van der Waals surface area contributed by atoms with Crippen LogP contribution in [-0.2, 0) is 20.1 Å². The van der Waals surface area contributed by atoms with Gasteiger partial charge in [0.15, 0.2) is 5.76 Å². The van der Waals surface area contributed by atoms with E-state index in [2.05, 4.69) is 17.2 Å². The summed E-state index contributed by atoms with van der Waals surface area (Å²) in [5.41, 5.74) is 3.02. The Kier molecular flexibility index (Phi) is 4.85. The number of imidazole rings is 1. The molecule has 0 bridgehead atoms. The molecule has 142 valence electrons. The van der Waals surface area contributed by atoms with Crippen molar-refractivity contribution in [3.8, 4) is 5.75 Å². The fourth-order valence-electron chi connectivity index (χ4n) is 2.97. The number of aryl methyl sites for hydroxylation is 2. The van der Waals surface area contributed by atoms with Gasteiger partial charge in [-0.15, -0.1) is 0 Å². The van der Waals surface area contributed by atoms with E-state index in [1.807, 2.05) is 60.1 Å². The van der Waals surface area contributed by atoms with E-state index in [0.717, 1.165) is 23.2 Å². The average molecular weight is 375 g/mol. The molecule has 0 atom stereocenters. The fourth-order valence-corrected chi connectivity index (χ4v) is 2.97. The van der Waals surface area contributed by atoms with Crippen molar-refractivity contribution >= 4 is 22.9 Å². The number of rotatable bonds is 6. The van der Waals surface area contributed by atoms with Gasteiger partial charge in [0.1, 0.15) is 18.1 Å². The zero-order valence-electron chi connectivity index (χ0n) is 15.8. The number of furan rings is 1. The first kappa shape index (κ1) is 17.9. The molecule has 0 radical (unpaired) electrons. The zero-order valence-corrected chi connectivity index (χ0v) is 15.8. The highest BCUT2D eigenvalue weighted by atomic mass is 16.5. The van der Waals surface area contributed by atoms with Crippen LogP contribution in [-0.4, -0.2) is 15.5 Å². The number of benzene rings is 2. The second-order valence-electron chi connectivity index (χ2n) is 6.49. The first-order valence-corrected chi connectivity index (χ1v) is 9.17. The molecule has 1 amide bonds. The van der Waals surface area contributed by atoms with Crippen LogP contribution in [0.1, 0.15) is 28.8 Å². The van der Waals surface area contributed by atoms with Crippen LogP contribution in [0.3, 0.4) is 0 Å². The fraction of sp³-hybridized carbons (Fsp3) is 0.182. The highest BCUT2D eigenvalue weighted by molar-refractivity contribution is 6.02. The van der Waals surface area contributed by atoms with Crippen molar-refractivity contribution < 1.29 is 13.9 Å². The third-order valence-corrected chi connectivity index (χ3v) is 4.61. The van der Waals surface area contributed by atoms with Crippen molar-refractivity contribution in [1.82, 2.24) is 9.55 Å². The van der Waals surface area contributed by atoms with Crippen LogP contribution in [0.5, 0.6) is 5.75 Å². The SMILES string of the molecule is CCc1ccc(OCc2ccc(C(=O)Nc3nc4ccccc4n3C)o2)cc1.